The van der Waals surface area contributed by atoms with Crippen LogP contribution in [-0.2, 0) is 9.84 Å². The lowest BCUT2D eigenvalue weighted by Crippen LogP contribution is -2.26. The molecule has 0 fully saturated rings. The van der Waals surface area contributed by atoms with Crippen LogP contribution >= 0.6 is 0 Å². The van der Waals surface area contributed by atoms with Crippen molar-refractivity contribution in [2.75, 3.05) is 6.61 Å². The summed E-state index contributed by atoms with van der Waals surface area (Å²) in [5, 5.41) is 0. The average Bonchev–Trinajstić information content (AvgIpc) is 2.40. The number of hydrogen-bond acceptors (Lipinski definition) is 1. The van der Waals surface area contributed by atoms with Gasteiger partial charge in [-0.25, -0.2) is 0 Å². The number of hydrogen-bond donors (Lipinski definition) is 0. The fourth-order valence-corrected chi connectivity index (χ4v) is 3.40. The predicted molar refractivity (Wildman–Crippen MR) is 83.1 cm³/mol. The van der Waals surface area contributed by atoms with Crippen LogP contribution in [0.2, 0.25) is 0 Å². The Balaban J connectivity index is 2.89. The van der Waals surface area contributed by atoms with Crippen LogP contribution < -0.4 is 0 Å². The van der Waals surface area contributed by atoms with Gasteiger partial charge in [0.1, 0.15) is 10.5 Å². The van der Waals surface area contributed by atoms with E-state index in [9.17, 15) is 0 Å². The number of benzene rings is 1. The van der Waals surface area contributed by atoms with Crippen LogP contribution in [0.15, 0.2) is 30.3 Å². The van der Waals surface area contributed by atoms with E-state index in [1.54, 1.807) is 0 Å². The molecule has 0 heterocycles. The first-order valence-electron chi connectivity index (χ1n) is 7.33. The fourth-order valence-electron chi connectivity index (χ4n) is 3.11. The largest absolute Gasteiger partial charge is 0.428 e. The summed E-state index contributed by atoms with van der Waals surface area (Å²) in [7, 11) is 0.865. The van der Waals surface area contributed by atoms with Gasteiger partial charge in [-0.05, 0) is 36.7 Å². The molecule has 0 saturated heterocycles. The van der Waals surface area contributed by atoms with Crippen LogP contribution in [0.1, 0.15) is 57.9 Å². The van der Waals surface area contributed by atoms with Gasteiger partial charge in [-0.2, -0.15) is 0 Å². The highest BCUT2D eigenvalue weighted by Crippen LogP contribution is 2.38. The monoisotopic (exact) mass is 264 g/mol. The Morgan fingerprint density at radius 1 is 1.00 bits per heavy atom. The Morgan fingerprint density at radius 3 is 2.11 bits per heavy atom. The van der Waals surface area contributed by atoms with E-state index in [0.29, 0.717) is 5.41 Å². The average molecular weight is 264 g/mol. The molecule has 0 saturated carbocycles. The molecule has 0 unspecified atom stereocenters. The third kappa shape index (κ3) is 4.25. The standard InChI is InChI=1S/C16H28OSi/c1-3-11-16(12-4-2,13-8-14-17-18)15-9-6-5-7-10-15/h5-7,9-10H,3-4,8,11-14H2,1-2,18H3. The topological polar surface area (TPSA) is 9.23 Å². The third-order valence-electron chi connectivity index (χ3n) is 3.85. The summed E-state index contributed by atoms with van der Waals surface area (Å²) in [5.74, 6) is 0. The second-order valence-electron chi connectivity index (χ2n) is 5.24. The Kier molecular flexibility index (Phi) is 7.29. The Labute approximate surface area is 115 Å². The van der Waals surface area contributed by atoms with Gasteiger partial charge in [-0.15, -0.1) is 0 Å². The maximum atomic E-state index is 5.37. The van der Waals surface area contributed by atoms with Crippen LogP contribution in [0.25, 0.3) is 0 Å². The molecule has 0 radical (unpaired) electrons. The van der Waals surface area contributed by atoms with Crippen molar-refractivity contribution in [1.29, 1.82) is 0 Å². The van der Waals surface area contributed by atoms with Gasteiger partial charge in [-0.3, -0.25) is 0 Å². The van der Waals surface area contributed by atoms with E-state index in [1.807, 2.05) is 0 Å². The van der Waals surface area contributed by atoms with Gasteiger partial charge in [0.2, 0.25) is 0 Å². The maximum Gasteiger partial charge on any atom is 0.145 e. The van der Waals surface area contributed by atoms with Gasteiger partial charge in [0, 0.05) is 6.61 Å². The maximum absolute atomic E-state index is 5.37. The molecule has 1 aromatic carbocycles. The minimum atomic E-state index is 0.380. The van der Waals surface area contributed by atoms with E-state index >= 15 is 0 Å². The minimum Gasteiger partial charge on any atom is -0.428 e. The molecule has 2 heteroatoms. The van der Waals surface area contributed by atoms with Crippen molar-refractivity contribution in [3.8, 4) is 0 Å². The molecule has 0 bridgehead atoms. The van der Waals surface area contributed by atoms with E-state index in [0.717, 1.165) is 17.1 Å². The summed E-state index contributed by atoms with van der Waals surface area (Å²) in [6.45, 7) is 5.54. The molecule has 1 rings (SSSR count). The molecule has 1 nitrogen and oxygen atoms in total. The first-order chi connectivity index (χ1) is 8.79. The van der Waals surface area contributed by atoms with Crippen LogP contribution in [0.3, 0.4) is 0 Å². The molecule has 0 N–H and O–H groups in total. The molecule has 0 spiro atoms. The van der Waals surface area contributed by atoms with Crippen LogP contribution in [0.5, 0.6) is 0 Å². The second kappa shape index (κ2) is 8.49. The summed E-state index contributed by atoms with van der Waals surface area (Å²) in [6.07, 6.45) is 7.57. The Hall–Kier alpha value is -0.603. The fraction of sp³-hybridized carbons (Fsp3) is 0.625. The lowest BCUT2D eigenvalue weighted by atomic mass is 9.70. The zero-order valence-electron chi connectivity index (χ0n) is 12.2. The summed E-state index contributed by atoms with van der Waals surface area (Å²) in [6, 6.07) is 11.1. The molecule has 0 aliphatic carbocycles. The van der Waals surface area contributed by atoms with E-state index in [2.05, 4.69) is 44.2 Å². The van der Waals surface area contributed by atoms with Crippen LogP contribution in [0.4, 0.5) is 0 Å². The molecule has 0 aliphatic heterocycles. The van der Waals surface area contributed by atoms with Gasteiger partial charge in [0.25, 0.3) is 0 Å². The summed E-state index contributed by atoms with van der Waals surface area (Å²) >= 11 is 0. The molecular weight excluding hydrogens is 236 g/mol. The van der Waals surface area contributed by atoms with Gasteiger partial charge in [-0.1, -0.05) is 57.0 Å². The molecule has 102 valence electrons. The van der Waals surface area contributed by atoms with Crippen LogP contribution in [-0.4, -0.2) is 17.1 Å². The number of rotatable bonds is 9. The van der Waals surface area contributed by atoms with Crippen LogP contribution in [0, 0.1) is 0 Å². The molecule has 0 aliphatic rings. The first-order valence-corrected chi connectivity index (χ1v) is 8.15. The van der Waals surface area contributed by atoms with E-state index in [4.69, 9.17) is 4.43 Å². The smallest absolute Gasteiger partial charge is 0.145 e. The Bertz CT molecular complexity index is 304. The van der Waals surface area contributed by atoms with Crippen molar-refractivity contribution < 1.29 is 4.43 Å². The predicted octanol–water partition coefficient (Wildman–Crippen LogP) is 3.60. The molecule has 18 heavy (non-hydrogen) atoms. The van der Waals surface area contributed by atoms with E-state index < -0.39 is 0 Å². The molecule has 0 amide bonds. The highest BCUT2D eigenvalue weighted by Gasteiger charge is 2.29. The van der Waals surface area contributed by atoms with E-state index in [-0.39, 0.29) is 0 Å². The van der Waals surface area contributed by atoms with Crippen molar-refractivity contribution in [1.82, 2.24) is 0 Å². The summed E-state index contributed by atoms with van der Waals surface area (Å²) in [4.78, 5) is 0. The zero-order valence-corrected chi connectivity index (χ0v) is 14.2. The van der Waals surface area contributed by atoms with Gasteiger partial charge >= 0.3 is 0 Å². The Morgan fingerprint density at radius 2 is 1.61 bits per heavy atom. The molecule has 0 aromatic heterocycles. The van der Waals surface area contributed by atoms with Gasteiger partial charge in [0.15, 0.2) is 0 Å². The van der Waals surface area contributed by atoms with Crippen molar-refractivity contribution in [3.63, 3.8) is 0 Å². The van der Waals surface area contributed by atoms with Crippen molar-refractivity contribution >= 4 is 10.5 Å². The second-order valence-corrected chi connectivity index (χ2v) is 5.82. The summed E-state index contributed by atoms with van der Waals surface area (Å²) < 4.78 is 5.37. The lowest BCUT2D eigenvalue weighted by molar-refractivity contribution is 0.272. The van der Waals surface area contributed by atoms with E-state index in [1.165, 1.54) is 44.1 Å². The lowest BCUT2D eigenvalue weighted by Gasteiger charge is -2.34. The highest BCUT2D eigenvalue weighted by atomic mass is 28.2. The SMILES string of the molecule is CCCC(CCC)(CCCO[SiH3])c1ccccc1. The van der Waals surface area contributed by atoms with Crippen molar-refractivity contribution in [2.45, 2.75) is 57.8 Å². The quantitative estimate of drug-likeness (QED) is 0.489. The highest BCUT2D eigenvalue weighted by molar-refractivity contribution is 5.97. The first kappa shape index (κ1) is 15.5. The molecule has 0 atom stereocenters. The molecular formula is C16H28OSi. The van der Waals surface area contributed by atoms with Crippen molar-refractivity contribution in [3.05, 3.63) is 35.9 Å². The minimum absolute atomic E-state index is 0.380. The molecule has 1 aromatic rings. The third-order valence-corrected chi connectivity index (χ3v) is 4.26. The van der Waals surface area contributed by atoms with Gasteiger partial charge < -0.3 is 4.43 Å². The summed E-state index contributed by atoms with van der Waals surface area (Å²) in [5.41, 5.74) is 1.91. The zero-order chi connectivity index (χ0) is 13.3. The van der Waals surface area contributed by atoms with Gasteiger partial charge in [0.05, 0.1) is 0 Å². The normalized spacial score (nSPS) is 11.9. The van der Waals surface area contributed by atoms with Crippen molar-refractivity contribution in [2.24, 2.45) is 0 Å².